The summed E-state index contributed by atoms with van der Waals surface area (Å²) in [6, 6.07) is 2.50. The number of pyridine rings is 1. The molecular formula is C20H24F3N5O2S. The number of alkyl halides is 3. The van der Waals surface area contributed by atoms with Crippen molar-refractivity contribution in [3.63, 3.8) is 0 Å². The molecule has 2 aromatic heterocycles. The van der Waals surface area contributed by atoms with Crippen LogP contribution < -0.4 is 11.1 Å². The van der Waals surface area contributed by atoms with Crippen LogP contribution in [0.3, 0.4) is 0 Å². The molecule has 3 N–H and O–H groups in total. The van der Waals surface area contributed by atoms with E-state index >= 15 is 0 Å². The van der Waals surface area contributed by atoms with E-state index in [4.69, 9.17) is 5.73 Å². The van der Waals surface area contributed by atoms with Crippen molar-refractivity contribution in [3.8, 4) is 10.4 Å². The van der Waals surface area contributed by atoms with Gasteiger partial charge in [-0.3, -0.25) is 15.1 Å². The standard InChI is InChI=1S/C20H24F3N5O2S/c1-11-14(12-6-8-25-13(10-12)18(2,3)20(21,22)23)31-16(26-11)27-17(30)28-9-5-7-19(28,4)15(24)29/h6,8,10H,5,7,9H2,1-4H3,(H2,24,29)(H,26,27,30). The first kappa shape index (κ1) is 23.0. The summed E-state index contributed by atoms with van der Waals surface area (Å²) < 4.78 is 40.2. The zero-order chi connectivity index (χ0) is 23.2. The summed E-state index contributed by atoms with van der Waals surface area (Å²) >= 11 is 1.14. The van der Waals surface area contributed by atoms with Gasteiger partial charge >= 0.3 is 12.2 Å². The predicted molar refractivity (Wildman–Crippen MR) is 112 cm³/mol. The fourth-order valence-electron chi connectivity index (χ4n) is 3.48. The lowest BCUT2D eigenvalue weighted by Crippen LogP contribution is -2.55. The van der Waals surface area contributed by atoms with Crippen molar-refractivity contribution in [2.75, 3.05) is 11.9 Å². The van der Waals surface area contributed by atoms with Crippen LogP contribution in [0.15, 0.2) is 18.3 Å². The minimum atomic E-state index is -4.46. The number of thiazole rings is 1. The molecule has 0 aliphatic carbocycles. The second-order valence-corrected chi connectivity index (χ2v) is 9.31. The smallest absolute Gasteiger partial charge is 0.368 e. The summed E-state index contributed by atoms with van der Waals surface area (Å²) in [5, 5.41) is 2.97. The predicted octanol–water partition coefficient (Wildman–Crippen LogP) is 4.23. The summed E-state index contributed by atoms with van der Waals surface area (Å²) in [6.07, 6.45) is -1.99. The van der Waals surface area contributed by atoms with E-state index in [1.54, 1.807) is 19.9 Å². The highest BCUT2D eigenvalue weighted by Crippen LogP contribution is 2.41. The molecule has 1 saturated heterocycles. The van der Waals surface area contributed by atoms with Gasteiger partial charge in [-0.25, -0.2) is 9.78 Å². The van der Waals surface area contributed by atoms with E-state index in [-0.39, 0.29) is 10.8 Å². The van der Waals surface area contributed by atoms with Crippen LogP contribution in [-0.4, -0.2) is 45.1 Å². The summed E-state index contributed by atoms with van der Waals surface area (Å²) in [6.45, 7) is 5.89. The van der Waals surface area contributed by atoms with Gasteiger partial charge in [0.15, 0.2) is 5.13 Å². The number of nitrogens with one attached hydrogen (secondary N) is 1. The number of likely N-dealkylation sites (tertiary alicyclic amines) is 1. The first-order valence-electron chi connectivity index (χ1n) is 9.67. The molecule has 1 aliphatic heterocycles. The quantitative estimate of drug-likeness (QED) is 0.721. The number of aromatic nitrogens is 2. The number of rotatable bonds is 4. The molecule has 0 bridgehead atoms. The second kappa shape index (κ2) is 7.77. The topological polar surface area (TPSA) is 101 Å². The van der Waals surface area contributed by atoms with Crippen LogP contribution in [0.2, 0.25) is 0 Å². The lowest BCUT2D eigenvalue weighted by molar-refractivity contribution is -0.181. The third kappa shape index (κ3) is 4.10. The number of urea groups is 1. The van der Waals surface area contributed by atoms with Crippen molar-refractivity contribution in [1.82, 2.24) is 14.9 Å². The average Bonchev–Trinajstić information content (AvgIpc) is 3.24. The van der Waals surface area contributed by atoms with E-state index in [0.29, 0.717) is 35.5 Å². The number of hydrogen-bond acceptors (Lipinski definition) is 5. The van der Waals surface area contributed by atoms with E-state index in [1.807, 2.05) is 0 Å². The van der Waals surface area contributed by atoms with Crippen molar-refractivity contribution in [2.45, 2.75) is 57.7 Å². The fourth-order valence-corrected chi connectivity index (χ4v) is 4.43. The summed E-state index contributed by atoms with van der Waals surface area (Å²) in [7, 11) is 0. The van der Waals surface area contributed by atoms with Gasteiger partial charge in [-0.05, 0) is 58.2 Å². The van der Waals surface area contributed by atoms with Gasteiger partial charge in [0.25, 0.3) is 0 Å². The molecule has 1 unspecified atom stereocenters. The molecule has 31 heavy (non-hydrogen) atoms. The Labute approximate surface area is 181 Å². The Balaban J connectivity index is 1.86. The van der Waals surface area contributed by atoms with Crippen molar-refractivity contribution in [1.29, 1.82) is 0 Å². The molecule has 0 aromatic carbocycles. The van der Waals surface area contributed by atoms with Crippen LogP contribution in [0.5, 0.6) is 0 Å². The third-order valence-corrected chi connectivity index (χ3v) is 6.92. The zero-order valence-electron chi connectivity index (χ0n) is 17.6. The summed E-state index contributed by atoms with van der Waals surface area (Å²) in [5.41, 5.74) is 3.27. The molecule has 1 atom stereocenters. The van der Waals surface area contributed by atoms with Crippen LogP contribution in [0.25, 0.3) is 10.4 Å². The number of carbonyl (C=O) groups is 2. The van der Waals surface area contributed by atoms with Crippen LogP contribution >= 0.6 is 11.3 Å². The molecule has 0 spiro atoms. The number of anilines is 1. The molecule has 1 aliphatic rings. The normalized spacial score (nSPS) is 19.5. The summed E-state index contributed by atoms with van der Waals surface area (Å²) in [4.78, 5) is 34.8. The van der Waals surface area contributed by atoms with Gasteiger partial charge < -0.3 is 10.6 Å². The fraction of sp³-hybridized carbons (Fsp3) is 0.500. The van der Waals surface area contributed by atoms with Crippen LogP contribution in [0, 0.1) is 6.92 Å². The molecule has 2 aromatic rings. The number of primary amides is 1. The number of nitrogens with two attached hydrogens (primary N) is 1. The van der Waals surface area contributed by atoms with E-state index in [9.17, 15) is 22.8 Å². The van der Waals surface area contributed by atoms with E-state index in [0.717, 1.165) is 25.2 Å². The molecule has 3 amide bonds. The molecule has 3 rings (SSSR count). The highest BCUT2D eigenvalue weighted by atomic mass is 32.1. The number of carbonyl (C=O) groups excluding carboxylic acids is 2. The van der Waals surface area contributed by atoms with Gasteiger partial charge in [0.05, 0.1) is 16.3 Å². The Kier molecular flexibility index (Phi) is 5.76. The van der Waals surface area contributed by atoms with Gasteiger partial charge in [-0.1, -0.05) is 11.3 Å². The zero-order valence-corrected chi connectivity index (χ0v) is 18.4. The van der Waals surface area contributed by atoms with Crippen molar-refractivity contribution in [2.24, 2.45) is 5.73 Å². The first-order chi connectivity index (χ1) is 14.3. The van der Waals surface area contributed by atoms with Crippen molar-refractivity contribution in [3.05, 3.63) is 29.7 Å². The average molecular weight is 456 g/mol. The molecule has 0 saturated carbocycles. The molecule has 11 heteroatoms. The van der Waals surface area contributed by atoms with E-state index < -0.39 is 29.1 Å². The molecule has 0 radical (unpaired) electrons. The lowest BCUT2D eigenvalue weighted by atomic mass is 9.87. The number of amides is 3. The van der Waals surface area contributed by atoms with E-state index in [2.05, 4.69) is 15.3 Å². The maximum absolute atomic E-state index is 13.4. The largest absolute Gasteiger partial charge is 0.399 e. The number of nitrogens with zero attached hydrogens (tertiary/aromatic N) is 3. The highest BCUT2D eigenvalue weighted by Gasteiger charge is 2.49. The molecular weight excluding hydrogens is 431 g/mol. The van der Waals surface area contributed by atoms with Gasteiger partial charge in [-0.2, -0.15) is 13.2 Å². The Morgan fingerprint density at radius 2 is 2.00 bits per heavy atom. The monoisotopic (exact) mass is 455 g/mol. The Bertz CT molecular complexity index is 1020. The first-order valence-corrected chi connectivity index (χ1v) is 10.5. The Morgan fingerprint density at radius 1 is 1.32 bits per heavy atom. The third-order valence-electron chi connectivity index (χ3n) is 5.80. The molecule has 3 heterocycles. The maximum atomic E-state index is 13.4. The van der Waals surface area contributed by atoms with Crippen molar-refractivity contribution >= 4 is 28.4 Å². The Morgan fingerprint density at radius 3 is 2.61 bits per heavy atom. The molecule has 7 nitrogen and oxygen atoms in total. The van der Waals surface area contributed by atoms with Gasteiger partial charge in [0.1, 0.15) is 11.0 Å². The van der Waals surface area contributed by atoms with Crippen LogP contribution in [0.1, 0.15) is 45.0 Å². The Hall–Kier alpha value is -2.69. The molecule has 168 valence electrons. The van der Waals surface area contributed by atoms with Gasteiger partial charge in [0, 0.05) is 12.7 Å². The van der Waals surface area contributed by atoms with Gasteiger partial charge in [-0.15, -0.1) is 0 Å². The number of aryl methyl sites for hydroxylation is 1. The van der Waals surface area contributed by atoms with Gasteiger partial charge in [0.2, 0.25) is 5.91 Å². The lowest BCUT2D eigenvalue weighted by Gasteiger charge is -2.31. The van der Waals surface area contributed by atoms with Crippen molar-refractivity contribution < 1.29 is 22.8 Å². The van der Waals surface area contributed by atoms with Crippen LogP contribution in [-0.2, 0) is 10.2 Å². The maximum Gasteiger partial charge on any atom is 0.399 e. The second-order valence-electron chi connectivity index (χ2n) is 8.31. The minimum absolute atomic E-state index is 0.106. The minimum Gasteiger partial charge on any atom is -0.368 e. The number of hydrogen-bond donors (Lipinski definition) is 2. The highest BCUT2D eigenvalue weighted by molar-refractivity contribution is 7.19. The summed E-state index contributed by atoms with van der Waals surface area (Å²) in [5.74, 6) is -0.576. The molecule has 1 fully saturated rings. The number of halogens is 3. The van der Waals surface area contributed by atoms with Crippen LogP contribution in [0.4, 0.5) is 23.1 Å². The SMILES string of the molecule is Cc1nc(NC(=O)N2CCCC2(C)C(N)=O)sc1-c1ccnc(C(C)(C)C(F)(F)F)c1. The van der Waals surface area contributed by atoms with E-state index in [1.165, 1.54) is 17.2 Å².